The quantitative estimate of drug-likeness (QED) is 0.290. The number of nitrogens with one attached hydrogen (secondary N) is 3. The molecule has 2 aliphatic rings. The van der Waals surface area contributed by atoms with Crippen LogP contribution in [0.15, 0.2) is 6.07 Å². The number of halogens is 9. The second-order valence-corrected chi connectivity index (χ2v) is 14.4. The highest BCUT2D eigenvalue weighted by atomic mass is 32.2. The van der Waals surface area contributed by atoms with Crippen molar-refractivity contribution in [1.82, 2.24) is 30.0 Å². The number of carbonyl (C=O) groups excluding carboxylic acids is 4. The maximum Gasteiger partial charge on any atom is 0.511 e. The van der Waals surface area contributed by atoms with Crippen molar-refractivity contribution in [2.45, 2.75) is 76.0 Å². The first-order valence-corrected chi connectivity index (χ1v) is 15.9. The number of aromatic nitrogens is 2. The Labute approximate surface area is 273 Å². The van der Waals surface area contributed by atoms with Crippen LogP contribution in [0.1, 0.15) is 45.7 Å². The molecule has 2 aliphatic heterocycles. The minimum Gasteiger partial charge on any atom is -0.470 e. The van der Waals surface area contributed by atoms with Gasteiger partial charge in [0.25, 0.3) is 0 Å². The number of sulfonamides is 1. The van der Waals surface area contributed by atoms with Gasteiger partial charge >= 0.3 is 27.9 Å². The van der Waals surface area contributed by atoms with Gasteiger partial charge in [0, 0.05) is 32.1 Å². The molecule has 13 nitrogen and oxygen atoms in total. The summed E-state index contributed by atoms with van der Waals surface area (Å²) in [4.78, 5) is 52.8. The number of hydrogen-bond acceptors (Lipinski definition) is 8. The van der Waals surface area contributed by atoms with Crippen molar-refractivity contribution in [2.75, 3.05) is 19.7 Å². The van der Waals surface area contributed by atoms with Gasteiger partial charge in [-0.15, -0.1) is 0 Å². The van der Waals surface area contributed by atoms with E-state index >= 15 is 0 Å². The van der Waals surface area contributed by atoms with Crippen LogP contribution in [0.2, 0.25) is 0 Å². The lowest BCUT2D eigenvalue weighted by Crippen LogP contribution is -2.60. The van der Waals surface area contributed by atoms with Crippen molar-refractivity contribution in [3.05, 3.63) is 11.8 Å². The van der Waals surface area contributed by atoms with E-state index in [9.17, 15) is 67.1 Å². The first kappa shape index (κ1) is 39.8. The number of Topliss-reactive ketones (excluding diaryl/α,β-unsaturated/α-hetero) is 1. The summed E-state index contributed by atoms with van der Waals surface area (Å²) in [5.74, 6) is -8.41. The Kier molecular flexibility index (Phi) is 11.3. The molecule has 2 fully saturated rings. The van der Waals surface area contributed by atoms with E-state index < -0.39 is 124 Å². The lowest BCUT2D eigenvalue weighted by molar-refractivity contribution is -0.171. The third kappa shape index (κ3) is 9.54. The normalized spacial score (nSPS) is 22.1. The number of likely N-dealkylation sites (tertiary alicyclic amines) is 1. The molecule has 3 rings (SSSR count). The largest absolute Gasteiger partial charge is 0.511 e. The Balaban J connectivity index is 1.92. The summed E-state index contributed by atoms with van der Waals surface area (Å²) in [5, 5.41) is 7.86. The van der Waals surface area contributed by atoms with E-state index in [1.165, 1.54) is 4.72 Å². The van der Waals surface area contributed by atoms with Crippen molar-refractivity contribution in [3.8, 4) is 5.88 Å². The van der Waals surface area contributed by atoms with Gasteiger partial charge in [0.2, 0.25) is 23.6 Å². The van der Waals surface area contributed by atoms with E-state index in [4.69, 9.17) is 4.74 Å². The Morgan fingerprint density at radius 3 is 2.16 bits per heavy atom. The van der Waals surface area contributed by atoms with Gasteiger partial charge in [-0.05, 0) is 24.7 Å². The highest BCUT2D eigenvalue weighted by Crippen LogP contribution is 2.38. The number of nitrogens with zero attached hydrogens (tertiary/aromatic N) is 3. The summed E-state index contributed by atoms with van der Waals surface area (Å²) in [5.41, 5.74) is -8.93. The van der Waals surface area contributed by atoms with E-state index in [1.807, 2.05) is 0 Å². The zero-order valence-electron chi connectivity index (χ0n) is 26.2. The van der Waals surface area contributed by atoms with Crippen LogP contribution in [-0.2, 0) is 42.4 Å². The molecule has 0 radical (unpaired) electrons. The van der Waals surface area contributed by atoms with Gasteiger partial charge in [-0.3, -0.25) is 19.2 Å². The molecule has 0 aliphatic carbocycles. The molecule has 3 amide bonds. The first-order valence-electron chi connectivity index (χ1n) is 14.4. The molecule has 23 heteroatoms. The number of rotatable bonds is 11. The fraction of sp³-hybridized carbons (Fsp3) is 0.731. The summed E-state index contributed by atoms with van der Waals surface area (Å²) >= 11 is 0. The Morgan fingerprint density at radius 1 is 1.08 bits per heavy atom. The second kappa shape index (κ2) is 13.9. The average molecular weight is 745 g/mol. The molecule has 1 aromatic heterocycles. The molecular formula is C26H33F9N6O7S. The van der Waals surface area contributed by atoms with Crippen molar-refractivity contribution >= 4 is 33.5 Å². The summed E-state index contributed by atoms with van der Waals surface area (Å²) in [6.45, 7) is 1.28. The Hall–Kier alpha value is -3.63. The fourth-order valence-corrected chi connectivity index (χ4v) is 6.11. The maximum atomic E-state index is 13.8. The van der Waals surface area contributed by atoms with E-state index in [2.05, 4.69) is 15.7 Å². The summed E-state index contributed by atoms with van der Waals surface area (Å²) in [6.07, 6.45) is -11.3. The number of ketones is 1. The number of ether oxygens (including phenoxy) is 1. The van der Waals surface area contributed by atoms with Gasteiger partial charge in [0.1, 0.15) is 12.1 Å². The van der Waals surface area contributed by atoms with Crippen LogP contribution in [0.4, 0.5) is 39.5 Å². The first-order chi connectivity index (χ1) is 22.1. The number of alkyl halides is 9. The molecule has 0 bridgehead atoms. The van der Waals surface area contributed by atoms with E-state index in [0.717, 1.165) is 27.8 Å². The average Bonchev–Trinajstić information content (AvgIpc) is 3.66. The molecule has 0 spiro atoms. The predicted molar refractivity (Wildman–Crippen MR) is 147 cm³/mol. The fourth-order valence-electron chi connectivity index (χ4n) is 5.21. The van der Waals surface area contributed by atoms with Crippen molar-refractivity contribution in [1.29, 1.82) is 0 Å². The Bertz CT molecular complexity index is 1540. The smallest absolute Gasteiger partial charge is 0.470 e. The standard InChI is InChI=1S/C26H33F9N6O7S/c1-23(2,3)19(39-49(46,47)26(33,34)35)22(45)41-10-13(24(27,28)29)8-15(41)21(44)37-14(7-12-5-6-36-20(12)43)16(42)11-48-18-9-17(25(30,31)32)38-40(18)4/h9,12-15,19,39H,5-8,10-11H2,1-4H3,(H,36,43)(H,37,44)/t12-,13+,14-,15-,19+/m0/s1. The highest BCUT2D eigenvalue weighted by Gasteiger charge is 2.55. The number of amides is 3. The minimum absolute atomic E-state index is 0.160. The third-order valence-electron chi connectivity index (χ3n) is 7.92. The summed E-state index contributed by atoms with van der Waals surface area (Å²) in [6, 6.07) is -5.63. The van der Waals surface area contributed by atoms with E-state index in [1.54, 1.807) is 0 Å². The zero-order chi connectivity index (χ0) is 37.5. The molecule has 5 atom stereocenters. The second-order valence-electron chi connectivity index (χ2n) is 12.7. The topological polar surface area (TPSA) is 169 Å². The number of carbonyl (C=O) groups is 4. The van der Waals surface area contributed by atoms with Crippen LogP contribution in [0.25, 0.3) is 0 Å². The lowest BCUT2D eigenvalue weighted by atomic mass is 9.86. The predicted octanol–water partition coefficient (Wildman–Crippen LogP) is 2.03. The molecule has 0 aromatic carbocycles. The molecule has 3 N–H and O–H groups in total. The zero-order valence-corrected chi connectivity index (χ0v) is 27.0. The molecule has 3 heterocycles. The Morgan fingerprint density at radius 2 is 1.69 bits per heavy atom. The molecule has 1 aromatic rings. The number of hydrogen-bond donors (Lipinski definition) is 3. The lowest BCUT2D eigenvalue weighted by Gasteiger charge is -2.35. The summed E-state index contributed by atoms with van der Waals surface area (Å²) < 4.78 is 151. The molecule has 49 heavy (non-hydrogen) atoms. The van der Waals surface area contributed by atoms with Crippen LogP contribution in [0, 0.1) is 17.3 Å². The van der Waals surface area contributed by atoms with E-state index in [-0.39, 0.29) is 17.9 Å². The monoisotopic (exact) mass is 744 g/mol. The van der Waals surface area contributed by atoms with Gasteiger partial charge in [-0.1, -0.05) is 20.8 Å². The van der Waals surface area contributed by atoms with Crippen LogP contribution in [-0.4, -0.2) is 96.1 Å². The van der Waals surface area contributed by atoms with Crippen molar-refractivity contribution < 1.29 is 71.8 Å². The van der Waals surface area contributed by atoms with Gasteiger partial charge in [0.15, 0.2) is 18.1 Å². The van der Waals surface area contributed by atoms with Gasteiger partial charge in [-0.25, -0.2) is 13.1 Å². The van der Waals surface area contributed by atoms with Gasteiger partial charge in [-0.2, -0.15) is 49.3 Å². The number of aryl methyl sites for hydroxylation is 1. The molecule has 278 valence electrons. The molecule has 0 unspecified atom stereocenters. The van der Waals surface area contributed by atoms with E-state index in [0.29, 0.717) is 10.7 Å². The van der Waals surface area contributed by atoms with Crippen LogP contribution in [0.5, 0.6) is 5.88 Å². The van der Waals surface area contributed by atoms with Gasteiger partial charge in [0.05, 0.1) is 12.0 Å². The molecule has 0 saturated carbocycles. The highest BCUT2D eigenvalue weighted by molar-refractivity contribution is 7.90. The van der Waals surface area contributed by atoms with Crippen LogP contribution < -0.4 is 20.1 Å². The van der Waals surface area contributed by atoms with Crippen LogP contribution in [0.3, 0.4) is 0 Å². The summed E-state index contributed by atoms with van der Waals surface area (Å²) in [7, 11) is -5.14. The van der Waals surface area contributed by atoms with Gasteiger partial charge < -0.3 is 20.3 Å². The van der Waals surface area contributed by atoms with Crippen molar-refractivity contribution in [3.63, 3.8) is 0 Å². The van der Waals surface area contributed by atoms with Crippen LogP contribution >= 0.6 is 0 Å². The third-order valence-corrected chi connectivity index (χ3v) is 9.07. The molecule has 2 saturated heterocycles. The molecular weight excluding hydrogens is 711 g/mol. The maximum absolute atomic E-state index is 13.8. The van der Waals surface area contributed by atoms with Crippen molar-refractivity contribution in [2.24, 2.45) is 24.3 Å². The SMILES string of the molecule is Cn1nc(C(F)(F)F)cc1OCC(=O)[C@H](C[C@@H]1CCNC1=O)NC(=O)[C@@H]1C[C@@H](C(F)(F)F)CN1C(=O)[C@@H](NS(=O)(=O)C(F)(F)F)C(C)(C)C. The minimum atomic E-state index is -6.21.